The standard InChI is InChI=1S/C20H32N4O2/c1-20(2,3)19(26)22-16-10-12-24(13-11-16)14-18(25)21-15-6-8-17(9-7-15)23(4)5/h6-9,16H,10-14H2,1-5H3,(H,21,25)(H,22,26). The van der Waals surface area contributed by atoms with E-state index in [0.717, 1.165) is 37.3 Å². The summed E-state index contributed by atoms with van der Waals surface area (Å²) in [5.74, 6) is 0.0923. The molecule has 0 aromatic heterocycles. The molecule has 0 aliphatic carbocycles. The van der Waals surface area contributed by atoms with Crippen LogP contribution in [0.15, 0.2) is 24.3 Å². The zero-order valence-corrected chi connectivity index (χ0v) is 16.6. The quantitative estimate of drug-likeness (QED) is 0.846. The third kappa shape index (κ3) is 6.02. The van der Waals surface area contributed by atoms with Crippen LogP contribution in [-0.4, -0.2) is 56.5 Å². The van der Waals surface area contributed by atoms with Crippen molar-refractivity contribution in [3.63, 3.8) is 0 Å². The lowest BCUT2D eigenvalue weighted by molar-refractivity contribution is -0.129. The number of piperidine rings is 1. The van der Waals surface area contributed by atoms with Gasteiger partial charge in [-0.15, -0.1) is 0 Å². The summed E-state index contributed by atoms with van der Waals surface area (Å²) in [5.41, 5.74) is 1.55. The van der Waals surface area contributed by atoms with Crippen molar-refractivity contribution in [3.05, 3.63) is 24.3 Å². The van der Waals surface area contributed by atoms with Gasteiger partial charge >= 0.3 is 0 Å². The SMILES string of the molecule is CN(C)c1ccc(NC(=O)CN2CCC(NC(=O)C(C)(C)C)CC2)cc1. The molecule has 0 radical (unpaired) electrons. The van der Waals surface area contributed by atoms with Crippen LogP contribution in [0.1, 0.15) is 33.6 Å². The largest absolute Gasteiger partial charge is 0.378 e. The topological polar surface area (TPSA) is 64.7 Å². The second-order valence-corrected chi connectivity index (χ2v) is 8.26. The Morgan fingerprint density at radius 3 is 2.19 bits per heavy atom. The van der Waals surface area contributed by atoms with Gasteiger partial charge in [0, 0.05) is 50.0 Å². The van der Waals surface area contributed by atoms with Gasteiger partial charge in [-0.2, -0.15) is 0 Å². The van der Waals surface area contributed by atoms with Crippen molar-refractivity contribution < 1.29 is 9.59 Å². The van der Waals surface area contributed by atoms with Crippen LogP contribution in [0.5, 0.6) is 0 Å². The van der Waals surface area contributed by atoms with Crippen molar-refractivity contribution in [1.29, 1.82) is 0 Å². The fourth-order valence-corrected chi connectivity index (χ4v) is 2.88. The van der Waals surface area contributed by atoms with Crippen LogP contribution in [-0.2, 0) is 9.59 Å². The molecule has 144 valence electrons. The summed E-state index contributed by atoms with van der Waals surface area (Å²) >= 11 is 0. The van der Waals surface area contributed by atoms with E-state index in [2.05, 4.69) is 15.5 Å². The number of nitrogens with one attached hydrogen (secondary N) is 2. The number of rotatable bonds is 5. The highest BCUT2D eigenvalue weighted by Crippen LogP contribution is 2.17. The molecule has 0 bridgehead atoms. The molecule has 1 aliphatic rings. The fourth-order valence-electron chi connectivity index (χ4n) is 2.88. The molecule has 1 aromatic rings. The summed E-state index contributed by atoms with van der Waals surface area (Å²) in [6.45, 7) is 7.80. The lowest BCUT2D eigenvalue weighted by atomic mass is 9.94. The van der Waals surface area contributed by atoms with E-state index in [1.165, 1.54) is 0 Å². The Hall–Kier alpha value is -2.08. The highest BCUT2D eigenvalue weighted by molar-refractivity contribution is 5.92. The van der Waals surface area contributed by atoms with Crippen molar-refractivity contribution in [3.8, 4) is 0 Å². The Balaban J connectivity index is 1.75. The number of carbonyl (C=O) groups is 2. The highest BCUT2D eigenvalue weighted by Gasteiger charge is 2.27. The van der Waals surface area contributed by atoms with Crippen LogP contribution < -0.4 is 15.5 Å². The highest BCUT2D eigenvalue weighted by atomic mass is 16.2. The molecular weight excluding hydrogens is 328 g/mol. The van der Waals surface area contributed by atoms with Gasteiger partial charge in [0.15, 0.2) is 0 Å². The van der Waals surface area contributed by atoms with E-state index in [9.17, 15) is 9.59 Å². The van der Waals surface area contributed by atoms with E-state index >= 15 is 0 Å². The minimum absolute atomic E-state index is 0.000204. The van der Waals surface area contributed by atoms with Crippen LogP contribution in [0, 0.1) is 5.41 Å². The van der Waals surface area contributed by atoms with Crippen LogP contribution in [0.2, 0.25) is 0 Å². The Bertz CT molecular complexity index is 612. The number of carbonyl (C=O) groups excluding carboxylic acids is 2. The van der Waals surface area contributed by atoms with Gasteiger partial charge in [-0.3, -0.25) is 14.5 Å². The molecule has 1 heterocycles. The molecule has 1 aromatic carbocycles. The van der Waals surface area contributed by atoms with Gasteiger partial charge in [0.1, 0.15) is 0 Å². The predicted molar refractivity (Wildman–Crippen MR) is 106 cm³/mol. The molecule has 0 saturated carbocycles. The molecule has 2 rings (SSSR count). The molecule has 6 nitrogen and oxygen atoms in total. The van der Waals surface area contributed by atoms with E-state index in [4.69, 9.17) is 0 Å². The zero-order chi connectivity index (χ0) is 19.3. The third-order valence-electron chi connectivity index (χ3n) is 4.64. The smallest absolute Gasteiger partial charge is 0.238 e. The normalized spacial score (nSPS) is 16.2. The van der Waals surface area contributed by atoms with E-state index in [1.807, 2.05) is 64.0 Å². The molecule has 2 amide bonds. The zero-order valence-electron chi connectivity index (χ0n) is 16.6. The first-order chi connectivity index (χ1) is 12.1. The Kier molecular flexibility index (Phi) is 6.64. The average Bonchev–Trinajstić information content (AvgIpc) is 2.56. The van der Waals surface area contributed by atoms with E-state index < -0.39 is 0 Å². The van der Waals surface area contributed by atoms with Gasteiger partial charge < -0.3 is 15.5 Å². The van der Waals surface area contributed by atoms with Gasteiger partial charge in [0.05, 0.1) is 6.54 Å². The maximum Gasteiger partial charge on any atom is 0.238 e. The van der Waals surface area contributed by atoms with Crippen molar-refractivity contribution in [2.24, 2.45) is 5.41 Å². The van der Waals surface area contributed by atoms with Gasteiger partial charge in [-0.25, -0.2) is 0 Å². The molecule has 0 spiro atoms. The van der Waals surface area contributed by atoms with Gasteiger partial charge in [0.25, 0.3) is 0 Å². The third-order valence-corrected chi connectivity index (χ3v) is 4.64. The number of nitrogens with zero attached hydrogens (tertiary/aromatic N) is 2. The summed E-state index contributed by atoms with van der Waals surface area (Å²) in [6.07, 6.45) is 1.76. The van der Waals surface area contributed by atoms with E-state index in [0.29, 0.717) is 6.54 Å². The second-order valence-electron chi connectivity index (χ2n) is 8.26. The number of hydrogen-bond donors (Lipinski definition) is 2. The summed E-state index contributed by atoms with van der Waals surface area (Å²) in [4.78, 5) is 28.5. The first-order valence-corrected chi connectivity index (χ1v) is 9.26. The lowest BCUT2D eigenvalue weighted by Gasteiger charge is -2.33. The summed E-state index contributed by atoms with van der Waals surface area (Å²) < 4.78 is 0. The first-order valence-electron chi connectivity index (χ1n) is 9.26. The first kappa shape index (κ1) is 20.2. The van der Waals surface area contributed by atoms with Gasteiger partial charge in [-0.1, -0.05) is 20.8 Å². The minimum Gasteiger partial charge on any atom is -0.378 e. The number of anilines is 2. The van der Waals surface area contributed by atoms with Crippen molar-refractivity contribution in [2.75, 3.05) is 43.9 Å². The summed E-state index contributed by atoms with van der Waals surface area (Å²) in [5, 5.41) is 6.07. The fraction of sp³-hybridized carbons (Fsp3) is 0.600. The predicted octanol–water partition coefficient (Wildman–Crippen LogP) is 2.32. The monoisotopic (exact) mass is 360 g/mol. The van der Waals surface area contributed by atoms with Crippen LogP contribution in [0.4, 0.5) is 11.4 Å². The van der Waals surface area contributed by atoms with Crippen LogP contribution in [0.3, 0.4) is 0 Å². The molecule has 26 heavy (non-hydrogen) atoms. The van der Waals surface area contributed by atoms with E-state index in [-0.39, 0.29) is 23.3 Å². The molecular formula is C20H32N4O2. The van der Waals surface area contributed by atoms with Gasteiger partial charge in [0.2, 0.25) is 11.8 Å². The maximum absolute atomic E-state index is 12.3. The molecule has 1 fully saturated rings. The number of hydrogen-bond acceptors (Lipinski definition) is 4. The molecule has 0 unspecified atom stereocenters. The lowest BCUT2D eigenvalue weighted by Crippen LogP contribution is -2.48. The summed E-state index contributed by atoms with van der Waals surface area (Å²) in [7, 11) is 3.97. The molecule has 6 heteroatoms. The van der Waals surface area contributed by atoms with Crippen molar-refractivity contribution in [1.82, 2.24) is 10.2 Å². The van der Waals surface area contributed by atoms with Crippen molar-refractivity contribution in [2.45, 2.75) is 39.7 Å². The number of benzene rings is 1. The Labute approximate surface area is 156 Å². The number of amides is 2. The van der Waals surface area contributed by atoms with Crippen LogP contribution in [0.25, 0.3) is 0 Å². The average molecular weight is 361 g/mol. The molecule has 1 aliphatic heterocycles. The van der Waals surface area contributed by atoms with E-state index in [1.54, 1.807) is 0 Å². The maximum atomic E-state index is 12.3. The second kappa shape index (κ2) is 8.54. The molecule has 0 atom stereocenters. The van der Waals surface area contributed by atoms with Crippen molar-refractivity contribution >= 4 is 23.2 Å². The Morgan fingerprint density at radius 1 is 1.12 bits per heavy atom. The molecule has 1 saturated heterocycles. The van der Waals surface area contributed by atoms with Crippen LogP contribution >= 0.6 is 0 Å². The Morgan fingerprint density at radius 2 is 1.69 bits per heavy atom. The molecule has 2 N–H and O–H groups in total. The number of likely N-dealkylation sites (tertiary alicyclic amines) is 1. The van der Waals surface area contributed by atoms with Gasteiger partial charge in [-0.05, 0) is 37.1 Å². The minimum atomic E-state index is -0.362. The summed E-state index contributed by atoms with van der Waals surface area (Å²) in [6, 6.07) is 8.01.